The number of unbranched alkanes of at least 4 members (excludes halogenated alkanes) is 2. The Balaban J connectivity index is 1.44. The van der Waals surface area contributed by atoms with Gasteiger partial charge in [0, 0.05) is 56.6 Å². The highest BCUT2D eigenvalue weighted by Crippen LogP contribution is 2.32. The summed E-state index contributed by atoms with van der Waals surface area (Å²) in [5, 5.41) is 10.3. The highest BCUT2D eigenvalue weighted by atomic mass is 32.2. The quantitative estimate of drug-likeness (QED) is 0.533. The summed E-state index contributed by atoms with van der Waals surface area (Å²) in [5.41, 5.74) is 6.83. The Kier molecular flexibility index (Phi) is 6.02. The van der Waals surface area contributed by atoms with Crippen LogP contribution in [0.1, 0.15) is 41.9 Å². The second-order valence-electron chi connectivity index (χ2n) is 8.42. The third kappa shape index (κ3) is 4.74. The van der Waals surface area contributed by atoms with E-state index in [9.17, 15) is 8.42 Å². The molecular weight excluding hydrogens is 414 g/mol. The first-order valence-corrected chi connectivity index (χ1v) is 12.7. The zero-order valence-electron chi connectivity index (χ0n) is 18.7. The van der Waals surface area contributed by atoms with Gasteiger partial charge < -0.3 is 4.90 Å². The molecule has 0 amide bonds. The Bertz CT molecular complexity index is 1200. The Morgan fingerprint density at radius 3 is 2.77 bits per heavy atom. The minimum absolute atomic E-state index is 0.498. The molecule has 0 fully saturated rings. The number of anilines is 1. The lowest BCUT2D eigenvalue weighted by atomic mass is 10.0. The van der Waals surface area contributed by atoms with Crippen LogP contribution in [-0.4, -0.2) is 52.3 Å². The van der Waals surface area contributed by atoms with Crippen molar-refractivity contribution >= 4 is 26.7 Å². The molecule has 4 rings (SSSR count). The van der Waals surface area contributed by atoms with E-state index in [1.807, 2.05) is 24.9 Å². The number of aryl methyl sites for hydroxylation is 4. The van der Waals surface area contributed by atoms with E-state index in [-0.39, 0.29) is 0 Å². The standard InChI is InChI=1S/C21H31N7O2S/c1-15-12-20(17-13-22-26(3)21(17)24-15)27-11-8-19-18(14-27)16(2)25-28(19)10-7-5-6-9-23-31(4,29)30/h12-13,23H,5-11,14H2,1-4H3. The van der Waals surface area contributed by atoms with E-state index in [1.54, 1.807) is 0 Å². The molecule has 1 aliphatic rings. The van der Waals surface area contributed by atoms with Crippen LogP contribution in [0, 0.1) is 13.8 Å². The van der Waals surface area contributed by atoms with Crippen LogP contribution in [0.4, 0.5) is 5.69 Å². The van der Waals surface area contributed by atoms with Gasteiger partial charge in [-0.15, -0.1) is 0 Å². The van der Waals surface area contributed by atoms with Crippen molar-refractivity contribution in [2.24, 2.45) is 7.05 Å². The van der Waals surface area contributed by atoms with Gasteiger partial charge in [0.2, 0.25) is 10.0 Å². The molecule has 10 heteroatoms. The molecule has 0 saturated heterocycles. The number of hydrogen-bond acceptors (Lipinski definition) is 6. The summed E-state index contributed by atoms with van der Waals surface area (Å²) in [5.74, 6) is 0. The Morgan fingerprint density at radius 2 is 2.00 bits per heavy atom. The highest BCUT2D eigenvalue weighted by molar-refractivity contribution is 7.88. The average Bonchev–Trinajstić information content (AvgIpc) is 3.23. The van der Waals surface area contributed by atoms with Gasteiger partial charge in [0.15, 0.2) is 5.65 Å². The topological polar surface area (TPSA) is 97.9 Å². The van der Waals surface area contributed by atoms with Gasteiger partial charge in [-0.25, -0.2) is 18.1 Å². The van der Waals surface area contributed by atoms with Crippen LogP contribution < -0.4 is 9.62 Å². The minimum Gasteiger partial charge on any atom is -0.366 e. The van der Waals surface area contributed by atoms with E-state index in [0.717, 1.165) is 67.7 Å². The third-order valence-electron chi connectivity index (χ3n) is 5.90. The van der Waals surface area contributed by atoms with Crippen molar-refractivity contribution in [3.8, 4) is 0 Å². The second kappa shape index (κ2) is 8.58. The molecule has 0 bridgehead atoms. The number of hydrogen-bond donors (Lipinski definition) is 1. The maximum Gasteiger partial charge on any atom is 0.208 e. The summed E-state index contributed by atoms with van der Waals surface area (Å²) in [6.45, 7) is 7.26. The number of rotatable bonds is 8. The number of nitrogens with zero attached hydrogens (tertiary/aromatic N) is 6. The third-order valence-corrected chi connectivity index (χ3v) is 6.63. The number of fused-ring (bicyclic) bond motifs is 2. The van der Waals surface area contributed by atoms with Crippen LogP contribution in [-0.2, 0) is 36.6 Å². The summed E-state index contributed by atoms with van der Waals surface area (Å²) in [7, 11) is -1.17. The number of sulfonamides is 1. The zero-order chi connectivity index (χ0) is 22.2. The van der Waals surface area contributed by atoms with Crippen molar-refractivity contribution in [2.75, 3.05) is 24.2 Å². The van der Waals surface area contributed by atoms with Crippen LogP contribution in [0.3, 0.4) is 0 Å². The van der Waals surface area contributed by atoms with E-state index < -0.39 is 10.0 Å². The normalized spacial score (nSPS) is 14.4. The molecule has 3 aromatic heterocycles. The molecule has 0 atom stereocenters. The molecule has 31 heavy (non-hydrogen) atoms. The van der Waals surface area contributed by atoms with Crippen molar-refractivity contribution in [3.63, 3.8) is 0 Å². The van der Waals surface area contributed by atoms with Crippen LogP contribution in [0.25, 0.3) is 11.0 Å². The number of nitrogens with one attached hydrogen (secondary N) is 1. The molecule has 168 valence electrons. The van der Waals surface area contributed by atoms with Gasteiger partial charge in [-0.05, 0) is 32.8 Å². The predicted molar refractivity (Wildman–Crippen MR) is 122 cm³/mol. The second-order valence-corrected chi connectivity index (χ2v) is 10.3. The first kappa shape index (κ1) is 21.8. The van der Waals surface area contributed by atoms with Crippen LogP contribution in [0.5, 0.6) is 0 Å². The summed E-state index contributed by atoms with van der Waals surface area (Å²) in [6.07, 6.45) is 6.85. The first-order valence-electron chi connectivity index (χ1n) is 10.8. The first-order chi connectivity index (χ1) is 14.7. The fourth-order valence-electron chi connectivity index (χ4n) is 4.36. The number of aromatic nitrogens is 5. The van der Waals surface area contributed by atoms with E-state index >= 15 is 0 Å². The Hall–Kier alpha value is -2.46. The molecule has 3 aromatic rings. The SMILES string of the molecule is Cc1cc(N2CCc3c(c(C)nn3CCCCCNS(C)(=O)=O)C2)c2cnn(C)c2n1. The van der Waals surface area contributed by atoms with Gasteiger partial charge in [-0.3, -0.25) is 9.36 Å². The molecule has 0 unspecified atom stereocenters. The molecule has 0 saturated carbocycles. The van der Waals surface area contributed by atoms with Gasteiger partial charge in [-0.2, -0.15) is 10.2 Å². The minimum atomic E-state index is -3.10. The average molecular weight is 446 g/mol. The molecule has 9 nitrogen and oxygen atoms in total. The molecule has 0 aliphatic carbocycles. The summed E-state index contributed by atoms with van der Waals surface area (Å²) in [6, 6.07) is 2.15. The van der Waals surface area contributed by atoms with Gasteiger partial charge >= 0.3 is 0 Å². The van der Waals surface area contributed by atoms with E-state index in [2.05, 4.69) is 37.4 Å². The largest absolute Gasteiger partial charge is 0.366 e. The van der Waals surface area contributed by atoms with Gasteiger partial charge in [0.25, 0.3) is 0 Å². The fourth-order valence-corrected chi connectivity index (χ4v) is 4.87. The van der Waals surface area contributed by atoms with Crippen LogP contribution in [0.2, 0.25) is 0 Å². The van der Waals surface area contributed by atoms with Crippen LogP contribution >= 0.6 is 0 Å². The van der Waals surface area contributed by atoms with Crippen molar-refractivity contribution in [2.45, 2.75) is 52.6 Å². The molecule has 0 aromatic carbocycles. The summed E-state index contributed by atoms with van der Waals surface area (Å²) >= 11 is 0. The molecular formula is C21H31N7O2S. The number of pyridine rings is 1. The molecule has 4 heterocycles. The summed E-state index contributed by atoms with van der Waals surface area (Å²) < 4.78 is 28.8. The summed E-state index contributed by atoms with van der Waals surface area (Å²) in [4.78, 5) is 7.06. The highest BCUT2D eigenvalue weighted by Gasteiger charge is 2.25. The molecule has 1 N–H and O–H groups in total. The molecule has 0 radical (unpaired) electrons. The fraction of sp³-hybridized carbons (Fsp3) is 0.571. The monoisotopic (exact) mass is 445 g/mol. The van der Waals surface area contributed by atoms with Crippen molar-refractivity contribution in [1.29, 1.82) is 0 Å². The lowest BCUT2D eigenvalue weighted by Crippen LogP contribution is -2.31. The predicted octanol–water partition coefficient (Wildman–Crippen LogP) is 2.06. The Morgan fingerprint density at radius 1 is 1.19 bits per heavy atom. The van der Waals surface area contributed by atoms with Crippen molar-refractivity contribution in [3.05, 3.63) is 34.9 Å². The van der Waals surface area contributed by atoms with Gasteiger partial charge in [0.05, 0.1) is 29.2 Å². The zero-order valence-corrected chi connectivity index (χ0v) is 19.5. The van der Waals surface area contributed by atoms with E-state index in [4.69, 9.17) is 5.10 Å². The van der Waals surface area contributed by atoms with E-state index in [0.29, 0.717) is 6.54 Å². The van der Waals surface area contributed by atoms with Crippen molar-refractivity contribution < 1.29 is 8.42 Å². The molecule has 1 aliphatic heterocycles. The van der Waals surface area contributed by atoms with Gasteiger partial charge in [0.1, 0.15) is 0 Å². The van der Waals surface area contributed by atoms with Crippen molar-refractivity contribution in [1.82, 2.24) is 29.3 Å². The lowest BCUT2D eigenvalue weighted by molar-refractivity contribution is 0.515. The maximum atomic E-state index is 11.1. The lowest BCUT2D eigenvalue weighted by Gasteiger charge is -2.30. The smallest absolute Gasteiger partial charge is 0.208 e. The Labute approximate surface area is 183 Å². The van der Waals surface area contributed by atoms with Crippen LogP contribution in [0.15, 0.2) is 12.3 Å². The van der Waals surface area contributed by atoms with Gasteiger partial charge in [-0.1, -0.05) is 6.42 Å². The molecule has 0 spiro atoms. The van der Waals surface area contributed by atoms with E-state index in [1.165, 1.54) is 23.2 Å². The maximum absolute atomic E-state index is 11.1.